The number of hydrogen-bond donors (Lipinski definition) is 0. The van der Waals surface area contributed by atoms with Crippen LogP contribution < -0.4 is 0 Å². The fraction of sp³-hybridized carbons (Fsp3) is 0. The van der Waals surface area contributed by atoms with Gasteiger partial charge in [-0.3, -0.25) is 0 Å². The fourth-order valence-electron chi connectivity index (χ4n) is 2.90. The van der Waals surface area contributed by atoms with Gasteiger partial charge in [-0.2, -0.15) is 0 Å². The van der Waals surface area contributed by atoms with Crippen molar-refractivity contribution in [1.82, 2.24) is 4.98 Å². The van der Waals surface area contributed by atoms with Gasteiger partial charge in [0.25, 0.3) is 0 Å². The van der Waals surface area contributed by atoms with Crippen LogP contribution >= 0.6 is 22.7 Å². The molecule has 5 rings (SSSR count). The largest absolute Gasteiger partial charge is 0.236 e. The second-order valence-electron chi connectivity index (χ2n) is 5.27. The van der Waals surface area contributed by atoms with E-state index in [1.54, 1.807) is 11.3 Å². The maximum Gasteiger partial charge on any atom is 0.126 e. The molecule has 0 aliphatic carbocycles. The number of benzene rings is 3. The molecule has 0 N–H and O–H groups in total. The van der Waals surface area contributed by atoms with Crippen molar-refractivity contribution in [2.75, 3.05) is 0 Å². The van der Waals surface area contributed by atoms with E-state index >= 15 is 0 Å². The lowest BCUT2D eigenvalue weighted by atomic mass is 10.1. The maximum absolute atomic E-state index is 4.83. The first-order chi connectivity index (χ1) is 10.9. The summed E-state index contributed by atoms with van der Waals surface area (Å²) in [5.41, 5.74) is 2.33. The molecule has 0 amide bonds. The van der Waals surface area contributed by atoms with Gasteiger partial charge in [0.1, 0.15) is 5.01 Å². The summed E-state index contributed by atoms with van der Waals surface area (Å²) in [4.78, 5) is 4.83. The minimum absolute atomic E-state index is 1.08. The summed E-state index contributed by atoms with van der Waals surface area (Å²) in [6, 6.07) is 23.5. The molecule has 0 aliphatic rings. The van der Waals surface area contributed by atoms with Crippen LogP contribution in [0.3, 0.4) is 0 Å². The Balaban J connectivity index is 1.87. The zero-order valence-corrected chi connectivity index (χ0v) is 13.2. The molecule has 0 radical (unpaired) electrons. The lowest BCUT2D eigenvalue weighted by Crippen LogP contribution is -1.76. The molecule has 104 valence electrons. The Morgan fingerprint density at radius 2 is 1.41 bits per heavy atom. The molecule has 2 aromatic heterocycles. The Hall–Kier alpha value is -2.23. The van der Waals surface area contributed by atoms with Crippen LogP contribution in [0.15, 0.2) is 66.7 Å². The molecular weight excluding hydrogens is 306 g/mol. The number of nitrogens with zero attached hydrogens (tertiary/aromatic N) is 1. The minimum atomic E-state index is 1.08. The first kappa shape index (κ1) is 12.3. The van der Waals surface area contributed by atoms with Gasteiger partial charge in [-0.1, -0.05) is 48.5 Å². The van der Waals surface area contributed by atoms with Crippen molar-refractivity contribution in [1.29, 1.82) is 0 Å². The monoisotopic (exact) mass is 317 g/mol. The summed E-state index contributed by atoms with van der Waals surface area (Å²) >= 11 is 3.63. The highest BCUT2D eigenvalue weighted by Crippen LogP contribution is 2.41. The van der Waals surface area contributed by atoms with Crippen molar-refractivity contribution in [2.45, 2.75) is 0 Å². The predicted molar refractivity (Wildman–Crippen MR) is 97.9 cm³/mol. The van der Waals surface area contributed by atoms with E-state index < -0.39 is 0 Å². The van der Waals surface area contributed by atoms with Crippen molar-refractivity contribution in [3.63, 3.8) is 0 Å². The Bertz CT molecular complexity index is 1100. The van der Waals surface area contributed by atoms with E-state index in [-0.39, 0.29) is 0 Å². The number of aromatic nitrogens is 1. The van der Waals surface area contributed by atoms with E-state index in [2.05, 4.69) is 60.7 Å². The number of thiophene rings is 1. The second kappa shape index (κ2) is 4.63. The maximum atomic E-state index is 4.83. The third-order valence-corrected chi connectivity index (χ3v) is 6.22. The lowest BCUT2D eigenvalue weighted by Gasteiger charge is -1.98. The standard InChI is InChI=1S/C19H11NS2/c1-3-10-16-12(6-1)13-7-5-8-14(18(13)21-16)19-20-15-9-2-4-11-17(15)22-19/h1-11H. The van der Waals surface area contributed by atoms with Gasteiger partial charge in [0.15, 0.2) is 0 Å². The summed E-state index contributed by atoms with van der Waals surface area (Å²) in [5.74, 6) is 0. The van der Waals surface area contributed by atoms with Crippen LogP contribution in [0.2, 0.25) is 0 Å². The van der Waals surface area contributed by atoms with Gasteiger partial charge in [-0.05, 0) is 18.2 Å². The minimum Gasteiger partial charge on any atom is -0.236 e. The van der Waals surface area contributed by atoms with Gasteiger partial charge in [0.05, 0.1) is 10.2 Å². The van der Waals surface area contributed by atoms with E-state index in [4.69, 9.17) is 4.98 Å². The number of thiazole rings is 1. The lowest BCUT2D eigenvalue weighted by molar-refractivity contribution is 1.49. The predicted octanol–water partition coefficient (Wildman–Crippen LogP) is 6.33. The van der Waals surface area contributed by atoms with Crippen molar-refractivity contribution in [3.8, 4) is 10.6 Å². The van der Waals surface area contributed by atoms with E-state index in [0.717, 1.165) is 10.5 Å². The fourth-order valence-corrected chi connectivity index (χ4v) is 5.18. The Morgan fingerprint density at radius 1 is 0.636 bits per heavy atom. The Kier molecular flexibility index (Phi) is 2.60. The van der Waals surface area contributed by atoms with Crippen LogP contribution in [0.25, 0.3) is 41.0 Å². The van der Waals surface area contributed by atoms with Gasteiger partial charge >= 0.3 is 0 Å². The first-order valence-corrected chi connectivity index (χ1v) is 8.80. The molecule has 0 saturated carbocycles. The topological polar surface area (TPSA) is 12.9 Å². The molecule has 0 atom stereocenters. The third-order valence-electron chi connectivity index (χ3n) is 3.93. The van der Waals surface area contributed by atoms with Crippen molar-refractivity contribution < 1.29 is 0 Å². The molecule has 5 aromatic rings. The SMILES string of the molecule is c1ccc2sc(-c3cccc4c3sc3ccccc34)nc2c1. The molecule has 22 heavy (non-hydrogen) atoms. The van der Waals surface area contributed by atoms with Gasteiger partial charge in [-0.25, -0.2) is 4.98 Å². The summed E-state index contributed by atoms with van der Waals surface area (Å²) < 4.78 is 3.92. The Morgan fingerprint density at radius 3 is 2.32 bits per heavy atom. The molecule has 3 heteroatoms. The number of fused-ring (bicyclic) bond motifs is 4. The highest BCUT2D eigenvalue weighted by molar-refractivity contribution is 7.27. The summed E-state index contributed by atoms with van der Waals surface area (Å²) in [5, 5.41) is 3.78. The van der Waals surface area contributed by atoms with Gasteiger partial charge < -0.3 is 0 Å². The highest BCUT2D eigenvalue weighted by Gasteiger charge is 2.12. The average Bonchev–Trinajstić information content (AvgIpc) is 3.15. The van der Waals surface area contributed by atoms with Gasteiger partial charge in [0, 0.05) is 25.7 Å². The average molecular weight is 317 g/mol. The van der Waals surface area contributed by atoms with Crippen LogP contribution in [0.1, 0.15) is 0 Å². The van der Waals surface area contributed by atoms with Crippen molar-refractivity contribution >= 4 is 53.1 Å². The zero-order valence-electron chi connectivity index (χ0n) is 11.6. The molecule has 2 heterocycles. The quantitative estimate of drug-likeness (QED) is 0.352. The van der Waals surface area contributed by atoms with Crippen LogP contribution in [-0.4, -0.2) is 4.98 Å². The molecule has 0 saturated heterocycles. The van der Waals surface area contributed by atoms with Crippen LogP contribution in [0.5, 0.6) is 0 Å². The molecule has 0 bridgehead atoms. The van der Waals surface area contributed by atoms with Crippen molar-refractivity contribution in [3.05, 3.63) is 66.7 Å². The summed E-state index contributed by atoms with van der Waals surface area (Å²) in [7, 11) is 0. The summed E-state index contributed by atoms with van der Waals surface area (Å²) in [6.07, 6.45) is 0. The number of para-hydroxylation sites is 1. The summed E-state index contributed by atoms with van der Waals surface area (Å²) in [6.45, 7) is 0. The molecule has 0 unspecified atom stereocenters. The zero-order chi connectivity index (χ0) is 14.5. The normalized spacial score (nSPS) is 11.6. The first-order valence-electron chi connectivity index (χ1n) is 7.16. The van der Waals surface area contributed by atoms with E-state index in [1.807, 2.05) is 17.4 Å². The van der Waals surface area contributed by atoms with E-state index in [1.165, 1.54) is 30.4 Å². The van der Waals surface area contributed by atoms with Crippen LogP contribution in [0.4, 0.5) is 0 Å². The van der Waals surface area contributed by atoms with Gasteiger partial charge in [0.2, 0.25) is 0 Å². The Labute approximate surface area is 135 Å². The van der Waals surface area contributed by atoms with Gasteiger partial charge in [-0.15, -0.1) is 22.7 Å². The second-order valence-corrected chi connectivity index (χ2v) is 7.35. The van der Waals surface area contributed by atoms with Crippen LogP contribution in [0, 0.1) is 0 Å². The van der Waals surface area contributed by atoms with E-state index in [0.29, 0.717) is 0 Å². The van der Waals surface area contributed by atoms with Crippen LogP contribution in [-0.2, 0) is 0 Å². The van der Waals surface area contributed by atoms with E-state index in [9.17, 15) is 0 Å². The molecule has 1 nitrogen and oxygen atoms in total. The molecule has 3 aromatic carbocycles. The molecular formula is C19H11NS2. The third kappa shape index (κ3) is 1.73. The highest BCUT2D eigenvalue weighted by atomic mass is 32.1. The number of rotatable bonds is 1. The molecule has 0 spiro atoms. The number of hydrogen-bond acceptors (Lipinski definition) is 3. The molecule has 0 fully saturated rings. The van der Waals surface area contributed by atoms with Crippen molar-refractivity contribution in [2.24, 2.45) is 0 Å². The smallest absolute Gasteiger partial charge is 0.126 e. The molecule has 0 aliphatic heterocycles.